The van der Waals surface area contributed by atoms with Gasteiger partial charge < -0.3 is 14.2 Å². The first-order valence-corrected chi connectivity index (χ1v) is 7.51. The van der Waals surface area contributed by atoms with Crippen molar-refractivity contribution >= 4 is 11.8 Å². The van der Waals surface area contributed by atoms with Crippen LogP contribution in [0.4, 0.5) is 10.5 Å². The molecule has 0 fully saturated rings. The van der Waals surface area contributed by atoms with Crippen LogP contribution >= 0.6 is 0 Å². The molecule has 5 heteroatoms. The first kappa shape index (κ1) is 15.4. The lowest BCUT2D eigenvalue weighted by atomic mass is 10.2. The summed E-state index contributed by atoms with van der Waals surface area (Å²) in [6.07, 6.45) is -0.593. The Bertz CT molecular complexity index is 659. The molecule has 1 heterocycles. The van der Waals surface area contributed by atoms with Crippen molar-refractivity contribution in [1.29, 1.82) is 0 Å². The Morgan fingerprint density at radius 3 is 2.70 bits per heavy atom. The minimum Gasteiger partial charge on any atom is -0.484 e. The number of benzene rings is 2. The number of hydrogen-bond donors (Lipinski definition) is 0. The normalized spacial score (nSPS) is 16.4. The molecule has 1 atom stereocenters. The Balaban J connectivity index is 1.73. The maximum absolute atomic E-state index is 12.5. The molecule has 0 bridgehead atoms. The molecule has 2 aromatic rings. The van der Waals surface area contributed by atoms with Crippen LogP contribution in [0.1, 0.15) is 5.56 Å². The highest BCUT2D eigenvalue weighted by Gasteiger charge is 2.30. The summed E-state index contributed by atoms with van der Waals surface area (Å²) >= 11 is 0. The zero-order valence-electron chi connectivity index (χ0n) is 13.0. The average molecular weight is 313 g/mol. The van der Waals surface area contributed by atoms with E-state index in [-0.39, 0.29) is 18.8 Å². The number of ether oxygens (including phenoxy) is 3. The SMILES string of the molecule is COCC1CN(C(=O)OCc2ccccc2)c2ccccc2O1. The van der Waals surface area contributed by atoms with Crippen LogP contribution in [0.25, 0.3) is 0 Å². The van der Waals surface area contributed by atoms with Gasteiger partial charge in [-0.15, -0.1) is 0 Å². The van der Waals surface area contributed by atoms with E-state index in [1.807, 2.05) is 54.6 Å². The number of rotatable bonds is 4. The Kier molecular flexibility index (Phi) is 4.78. The Labute approximate surface area is 135 Å². The molecule has 0 N–H and O–H groups in total. The number of carbonyl (C=O) groups excluding carboxylic acids is 1. The van der Waals surface area contributed by atoms with Gasteiger partial charge in [0.15, 0.2) is 0 Å². The molecule has 1 aliphatic heterocycles. The van der Waals surface area contributed by atoms with E-state index in [4.69, 9.17) is 14.2 Å². The fourth-order valence-corrected chi connectivity index (χ4v) is 2.54. The molecule has 120 valence electrons. The van der Waals surface area contributed by atoms with Crippen molar-refractivity contribution in [3.63, 3.8) is 0 Å². The van der Waals surface area contributed by atoms with Crippen LogP contribution in [-0.4, -0.2) is 32.5 Å². The van der Waals surface area contributed by atoms with Crippen molar-refractivity contribution in [2.24, 2.45) is 0 Å². The molecule has 0 aromatic heterocycles. The van der Waals surface area contributed by atoms with Crippen LogP contribution in [0, 0.1) is 0 Å². The maximum Gasteiger partial charge on any atom is 0.414 e. The molecule has 1 unspecified atom stereocenters. The quantitative estimate of drug-likeness (QED) is 0.869. The van der Waals surface area contributed by atoms with Crippen LogP contribution in [0.5, 0.6) is 5.75 Å². The Morgan fingerprint density at radius 2 is 1.91 bits per heavy atom. The van der Waals surface area contributed by atoms with E-state index >= 15 is 0 Å². The minimum absolute atomic E-state index is 0.209. The highest BCUT2D eigenvalue weighted by molar-refractivity contribution is 5.90. The number of anilines is 1. The number of para-hydroxylation sites is 2. The van der Waals surface area contributed by atoms with E-state index in [0.29, 0.717) is 18.9 Å². The van der Waals surface area contributed by atoms with Gasteiger partial charge in [0, 0.05) is 7.11 Å². The van der Waals surface area contributed by atoms with Gasteiger partial charge in [-0.2, -0.15) is 0 Å². The van der Waals surface area contributed by atoms with Crippen molar-refractivity contribution in [1.82, 2.24) is 0 Å². The standard InChI is InChI=1S/C18H19NO4/c1-21-13-15-11-19(16-9-5-6-10-17(16)23-15)18(20)22-12-14-7-3-2-4-8-14/h2-10,15H,11-13H2,1H3. The van der Waals surface area contributed by atoms with Crippen LogP contribution in [0.15, 0.2) is 54.6 Å². The number of carbonyl (C=O) groups is 1. The van der Waals surface area contributed by atoms with Gasteiger partial charge in [0.2, 0.25) is 0 Å². The molecule has 1 amide bonds. The number of nitrogens with zero attached hydrogens (tertiary/aromatic N) is 1. The van der Waals surface area contributed by atoms with Crippen molar-refractivity contribution in [3.05, 3.63) is 60.2 Å². The summed E-state index contributed by atoms with van der Waals surface area (Å²) in [5, 5.41) is 0. The third-order valence-corrected chi connectivity index (χ3v) is 3.61. The summed E-state index contributed by atoms with van der Waals surface area (Å²) in [5.41, 5.74) is 1.67. The molecule has 0 spiro atoms. The predicted octanol–water partition coefficient (Wildman–Crippen LogP) is 3.24. The Hall–Kier alpha value is -2.53. The molecule has 5 nitrogen and oxygen atoms in total. The lowest BCUT2D eigenvalue weighted by molar-refractivity contribution is 0.0758. The molecular weight excluding hydrogens is 294 g/mol. The maximum atomic E-state index is 12.5. The van der Waals surface area contributed by atoms with Crippen molar-refractivity contribution in [3.8, 4) is 5.75 Å². The molecule has 1 aliphatic rings. The molecule has 23 heavy (non-hydrogen) atoms. The summed E-state index contributed by atoms with van der Waals surface area (Å²) in [6, 6.07) is 17.1. The van der Waals surface area contributed by atoms with E-state index in [1.54, 1.807) is 12.0 Å². The summed E-state index contributed by atoms with van der Waals surface area (Å²) in [7, 11) is 1.61. The summed E-state index contributed by atoms with van der Waals surface area (Å²) in [5.74, 6) is 0.664. The van der Waals surface area contributed by atoms with Crippen LogP contribution in [0.2, 0.25) is 0 Å². The first-order valence-electron chi connectivity index (χ1n) is 7.51. The summed E-state index contributed by atoms with van der Waals surface area (Å²) < 4.78 is 16.4. The monoisotopic (exact) mass is 313 g/mol. The lowest BCUT2D eigenvalue weighted by Crippen LogP contribution is -2.45. The minimum atomic E-state index is -0.384. The zero-order valence-corrected chi connectivity index (χ0v) is 13.0. The van der Waals surface area contributed by atoms with Crippen molar-refractivity contribution in [2.45, 2.75) is 12.7 Å². The molecule has 0 saturated carbocycles. The molecule has 0 saturated heterocycles. The van der Waals surface area contributed by atoms with Gasteiger partial charge in [-0.05, 0) is 17.7 Å². The summed E-state index contributed by atoms with van der Waals surface area (Å²) in [4.78, 5) is 14.1. The zero-order chi connectivity index (χ0) is 16.1. The second-order valence-corrected chi connectivity index (χ2v) is 5.31. The topological polar surface area (TPSA) is 48.0 Å². The number of methoxy groups -OCH3 is 1. The summed E-state index contributed by atoms with van der Waals surface area (Å²) in [6.45, 7) is 1.06. The third-order valence-electron chi connectivity index (χ3n) is 3.61. The fraction of sp³-hybridized carbons (Fsp3) is 0.278. The predicted molar refractivity (Wildman–Crippen MR) is 86.7 cm³/mol. The number of fused-ring (bicyclic) bond motifs is 1. The van der Waals surface area contributed by atoms with Crippen molar-refractivity contribution < 1.29 is 19.0 Å². The van der Waals surface area contributed by atoms with Gasteiger partial charge in [0.25, 0.3) is 0 Å². The van der Waals surface area contributed by atoms with Gasteiger partial charge in [0.1, 0.15) is 18.5 Å². The van der Waals surface area contributed by atoms with Gasteiger partial charge in [-0.3, -0.25) is 4.90 Å². The Morgan fingerprint density at radius 1 is 1.17 bits per heavy atom. The number of amides is 1. The molecule has 0 radical (unpaired) electrons. The molecule has 3 rings (SSSR count). The van der Waals surface area contributed by atoms with Crippen LogP contribution in [-0.2, 0) is 16.1 Å². The van der Waals surface area contributed by atoms with Gasteiger partial charge in [-0.1, -0.05) is 42.5 Å². The number of hydrogen-bond acceptors (Lipinski definition) is 4. The third kappa shape index (κ3) is 3.63. The van der Waals surface area contributed by atoms with E-state index < -0.39 is 0 Å². The van der Waals surface area contributed by atoms with E-state index in [1.165, 1.54) is 0 Å². The largest absolute Gasteiger partial charge is 0.484 e. The van der Waals surface area contributed by atoms with Crippen LogP contribution in [0.3, 0.4) is 0 Å². The smallest absolute Gasteiger partial charge is 0.414 e. The van der Waals surface area contributed by atoms with Crippen LogP contribution < -0.4 is 9.64 Å². The highest BCUT2D eigenvalue weighted by Crippen LogP contribution is 2.33. The molecular formula is C18H19NO4. The highest BCUT2D eigenvalue weighted by atomic mass is 16.6. The fourth-order valence-electron chi connectivity index (χ4n) is 2.54. The van der Waals surface area contributed by atoms with Gasteiger partial charge >= 0.3 is 6.09 Å². The first-order chi connectivity index (χ1) is 11.3. The average Bonchev–Trinajstić information content (AvgIpc) is 2.60. The van der Waals surface area contributed by atoms with Gasteiger partial charge in [-0.25, -0.2) is 4.79 Å². The second kappa shape index (κ2) is 7.15. The van der Waals surface area contributed by atoms with E-state index in [9.17, 15) is 4.79 Å². The second-order valence-electron chi connectivity index (χ2n) is 5.31. The van der Waals surface area contributed by atoms with E-state index in [0.717, 1.165) is 11.3 Å². The molecule has 0 aliphatic carbocycles. The van der Waals surface area contributed by atoms with Gasteiger partial charge in [0.05, 0.1) is 18.8 Å². The molecule has 2 aromatic carbocycles. The van der Waals surface area contributed by atoms with E-state index in [2.05, 4.69) is 0 Å². The lowest BCUT2D eigenvalue weighted by Gasteiger charge is -2.33. The van der Waals surface area contributed by atoms with Crippen molar-refractivity contribution in [2.75, 3.05) is 25.2 Å².